The van der Waals surface area contributed by atoms with Crippen molar-refractivity contribution >= 4 is 21.6 Å². The summed E-state index contributed by atoms with van der Waals surface area (Å²) in [5.74, 6) is -0.788. The van der Waals surface area contributed by atoms with Crippen molar-refractivity contribution in [2.75, 3.05) is 18.8 Å². The minimum atomic E-state index is -4.12. The van der Waals surface area contributed by atoms with Gasteiger partial charge in [0, 0.05) is 20.2 Å². The van der Waals surface area contributed by atoms with Gasteiger partial charge in [-0.05, 0) is 31.5 Å². The number of furan rings is 1. The van der Waals surface area contributed by atoms with Crippen molar-refractivity contribution < 1.29 is 22.0 Å². The number of carbonyl (C=O) groups is 1. The van der Waals surface area contributed by atoms with E-state index in [4.69, 9.17) is 4.42 Å². The lowest BCUT2D eigenvalue weighted by Crippen LogP contribution is -2.21. The zero-order valence-corrected chi connectivity index (χ0v) is 16.5. The molecule has 8 nitrogen and oxygen atoms in total. The molecule has 0 saturated heterocycles. The molecule has 1 amide bonds. The second-order valence-corrected chi connectivity index (χ2v) is 8.13. The first kappa shape index (κ1) is 19.6. The van der Waals surface area contributed by atoms with Crippen LogP contribution in [-0.2, 0) is 10.0 Å². The molecule has 0 saturated carbocycles. The van der Waals surface area contributed by atoms with Crippen LogP contribution in [0.1, 0.15) is 21.7 Å². The fourth-order valence-corrected chi connectivity index (χ4v) is 3.89. The molecule has 2 N–H and O–H groups in total. The number of nitrogens with one attached hydrogen (secondary N) is 2. The van der Waals surface area contributed by atoms with E-state index in [2.05, 4.69) is 14.9 Å². The van der Waals surface area contributed by atoms with E-state index < -0.39 is 15.8 Å². The first-order chi connectivity index (χ1) is 13.1. The van der Waals surface area contributed by atoms with Gasteiger partial charge in [-0.25, -0.2) is 12.8 Å². The molecule has 0 aliphatic rings. The summed E-state index contributed by atoms with van der Waals surface area (Å²) < 4.78 is 47.3. The van der Waals surface area contributed by atoms with Crippen LogP contribution in [0.2, 0.25) is 0 Å². The van der Waals surface area contributed by atoms with Crippen LogP contribution in [0, 0.1) is 19.7 Å². The molecular weight excluding hydrogens is 387 g/mol. The normalized spacial score (nSPS) is 11.5. The van der Waals surface area contributed by atoms with E-state index in [0.29, 0.717) is 5.56 Å². The summed E-state index contributed by atoms with van der Waals surface area (Å²) in [6.07, 6.45) is 1.34. The number of aryl methyl sites for hydroxylation is 2. The second-order valence-electron chi connectivity index (χ2n) is 6.48. The number of H-pyrrole nitrogens is 1. The highest BCUT2D eigenvalue weighted by Gasteiger charge is 2.26. The van der Waals surface area contributed by atoms with Gasteiger partial charge in [-0.2, -0.15) is 5.10 Å². The number of carbonyl (C=O) groups excluding carboxylic acids is 1. The lowest BCUT2D eigenvalue weighted by molar-refractivity contribution is 0.0828. The van der Waals surface area contributed by atoms with E-state index in [1.807, 2.05) is 0 Å². The number of aromatic amines is 1. The standard InChI is InChI=1S/C18H19FN4O4S/c1-10-5-6-13(19)14(7-10)22-28(25,26)16-8-15(27-11(16)2)17-12(9-20-21-17)18(24)23(3)4/h5-9,22H,1-4H3,(H,20,21). The van der Waals surface area contributed by atoms with Gasteiger partial charge in [0.1, 0.15) is 22.2 Å². The van der Waals surface area contributed by atoms with Crippen LogP contribution in [0.15, 0.2) is 39.8 Å². The van der Waals surface area contributed by atoms with Crippen molar-refractivity contribution in [3.63, 3.8) is 0 Å². The monoisotopic (exact) mass is 406 g/mol. The number of anilines is 1. The van der Waals surface area contributed by atoms with Crippen molar-refractivity contribution in [2.45, 2.75) is 18.7 Å². The molecule has 3 rings (SSSR count). The molecule has 0 aliphatic carbocycles. The van der Waals surface area contributed by atoms with Crippen LogP contribution < -0.4 is 4.72 Å². The van der Waals surface area contributed by atoms with E-state index in [1.165, 1.54) is 42.3 Å². The Hall–Kier alpha value is -3.14. The van der Waals surface area contributed by atoms with Gasteiger partial charge in [-0.3, -0.25) is 14.6 Å². The minimum absolute atomic E-state index is 0.0911. The molecule has 3 aromatic rings. The summed E-state index contributed by atoms with van der Waals surface area (Å²) in [6, 6.07) is 5.39. The number of hydrogen-bond acceptors (Lipinski definition) is 5. The molecule has 10 heteroatoms. The van der Waals surface area contributed by atoms with E-state index in [1.54, 1.807) is 21.0 Å². The zero-order valence-electron chi connectivity index (χ0n) is 15.7. The van der Waals surface area contributed by atoms with Crippen molar-refractivity contribution in [2.24, 2.45) is 0 Å². The predicted molar refractivity (Wildman–Crippen MR) is 101 cm³/mol. The Labute approximate surface area is 161 Å². The average molecular weight is 406 g/mol. The number of amides is 1. The highest BCUT2D eigenvalue weighted by Crippen LogP contribution is 2.31. The summed E-state index contributed by atoms with van der Waals surface area (Å²) in [5, 5.41) is 6.49. The van der Waals surface area contributed by atoms with Crippen LogP contribution in [0.25, 0.3) is 11.5 Å². The second kappa shape index (κ2) is 7.12. The Balaban J connectivity index is 2.00. The molecule has 2 heterocycles. The average Bonchev–Trinajstić information content (AvgIpc) is 3.23. The Morgan fingerprint density at radius 3 is 2.64 bits per heavy atom. The molecule has 0 bridgehead atoms. The number of nitrogens with zero attached hydrogens (tertiary/aromatic N) is 2. The largest absolute Gasteiger partial charge is 0.458 e. The van der Waals surface area contributed by atoms with E-state index in [-0.39, 0.29) is 39.3 Å². The molecule has 1 aromatic carbocycles. The summed E-state index contributed by atoms with van der Waals surface area (Å²) in [6.45, 7) is 3.19. The summed E-state index contributed by atoms with van der Waals surface area (Å²) in [5.41, 5.74) is 1.03. The Kier molecular flexibility index (Phi) is 4.99. The zero-order chi connectivity index (χ0) is 20.6. The van der Waals surface area contributed by atoms with Gasteiger partial charge in [-0.15, -0.1) is 0 Å². The molecule has 0 aliphatic heterocycles. The molecule has 0 spiro atoms. The molecule has 2 aromatic heterocycles. The van der Waals surface area contributed by atoms with Crippen LogP contribution in [0.4, 0.5) is 10.1 Å². The third-order valence-electron chi connectivity index (χ3n) is 4.05. The lowest BCUT2D eigenvalue weighted by atomic mass is 10.2. The number of sulfonamides is 1. The van der Waals surface area contributed by atoms with Crippen molar-refractivity contribution in [3.05, 3.63) is 53.2 Å². The van der Waals surface area contributed by atoms with Gasteiger partial charge in [0.25, 0.3) is 15.9 Å². The topological polar surface area (TPSA) is 108 Å². The fourth-order valence-electron chi connectivity index (χ4n) is 2.65. The summed E-state index contributed by atoms with van der Waals surface area (Å²) in [4.78, 5) is 13.5. The molecular formula is C18H19FN4O4S. The Morgan fingerprint density at radius 1 is 1.25 bits per heavy atom. The highest BCUT2D eigenvalue weighted by molar-refractivity contribution is 7.92. The Morgan fingerprint density at radius 2 is 1.96 bits per heavy atom. The molecule has 0 fully saturated rings. The highest BCUT2D eigenvalue weighted by atomic mass is 32.2. The van der Waals surface area contributed by atoms with Gasteiger partial charge < -0.3 is 9.32 Å². The number of benzene rings is 1. The quantitative estimate of drug-likeness (QED) is 0.677. The Bertz CT molecular complexity index is 1150. The molecule has 0 unspecified atom stereocenters. The molecule has 0 radical (unpaired) electrons. The third kappa shape index (κ3) is 3.63. The minimum Gasteiger partial charge on any atom is -0.458 e. The smallest absolute Gasteiger partial charge is 0.265 e. The number of halogens is 1. The van der Waals surface area contributed by atoms with Gasteiger partial charge in [0.15, 0.2) is 5.76 Å². The third-order valence-corrected chi connectivity index (χ3v) is 5.52. The fraction of sp³-hybridized carbons (Fsp3) is 0.222. The SMILES string of the molecule is Cc1ccc(F)c(NS(=O)(=O)c2cc(-c3[nH]ncc3C(=O)N(C)C)oc2C)c1. The maximum atomic E-state index is 14.0. The van der Waals surface area contributed by atoms with Gasteiger partial charge >= 0.3 is 0 Å². The lowest BCUT2D eigenvalue weighted by Gasteiger charge is -2.09. The van der Waals surface area contributed by atoms with Crippen LogP contribution >= 0.6 is 0 Å². The number of hydrogen-bond donors (Lipinski definition) is 2. The van der Waals surface area contributed by atoms with Crippen LogP contribution in [0.3, 0.4) is 0 Å². The number of rotatable bonds is 5. The van der Waals surface area contributed by atoms with Crippen molar-refractivity contribution in [1.82, 2.24) is 15.1 Å². The van der Waals surface area contributed by atoms with Gasteiger partial charge in [0.2, 0.25) is 0 Å². The van der Waals surface area contributed by atoms with E-state index >= 15 is 0 Å². The summed E-state index contributed by atoms with van der Waals surface area (Å²) in [7, 11) is -0.944. The van der Waals surface area contributed by atoms with Crippen molar-refractivity contribution in [3.8, 4) is 11.5 Å². The predicted octanol–water partition coefficient (Wildman–Crippen LogP) is 2.93. The van der Waals surface area contributed by atoms with Gasteiger partial charge in [-0.1, -0.05) is 6.07 Å². The first-order valence-corrected chi connectivity index (χ1v) is 9.73. The van der Waals surface area contributed by atoms with Crippen LogP contribution in [-0.4, -0.2) is 43.5 Å². The van der Waals surface area contributed by atoms with Gasteiger partial charge in [0.05, 0.1) is 17.4 Å². The van der Waals surface area contributed by atoms with E-state index in [9.17, 15) is 17.6 Å². The number of aromatic nitrogens is 2. The van der Waals surface area contributed by atoms with Crippen molar-refractivity contribution in [1.29, 1.82) is 0 Å². The maximum absolute atomic E-state index is 14.0. The van der Waals surface area contributed by atoms with Crippen LogP contribution in [0.5, 0.6) is 0 Å². The molecule has 28 heavy (non-hydrogen) atoms. The van der Waals surface area contributed by atoms with E-state index in [0.717, 1.165) is 0 Å². The molecule has 148 valence electrons. The molecule has 0 atom stereocenters. The first-order valence-electron chi connectivity index (χ1n) is 8.25. The maximum Gasteiger partial charge on any atom is 0.265 e. The summed E-state index contributed by atoms with van der Waals surface area (Å²) >= 11 is 0.